The third kappa shape index (κ3) is 3.08. The van der Waals surface area contributed by atoms with Crippen molar-refractivity contribution in [3.05, 3.63) is 35.9 Å². The highest BCUT2D eigenvalue weighted by Crippen LogP contribution is 2.14. The number of amides is 1. The number of carbonyl (C=O) groups is 2. The Kier molecular flexibility index (Phi) is 4.05. The first-order chi connectivity index (χ1) is 7.58. The summed E-state index contributed by atoms with van der Waals surface area (Å²) < 4.78 is 0. The van der Waals surface area contributed by atoms with Crippen LogP contribution in [0.4, 0.5) is 0 Å². The molecule has 4 heteroatoms. The maximum Gasteiger partial charge on any atom is 0.329 e. The van der Waals surface area contributed by atoms with Crippen molar-refractivity contribution in [1.29, 1.82) is 0 Å². The van der Waals surface area contributed by atoms with Crippen LogP contribution in [0.1, 0.15) is 18.9 Å². The van der Waals surface area contributed by atoms with Gasteiger partial charge in [-0.15, -0.1) is 0 Å². The van der Waals surface area contributed by atoms with Crippen molar-refractivity contribution in [3.8, 4) is 0 Å². The average molecular weight is 221 g/mol. The predicted molar refractivity (Wildman–Crippen MR) is 60.0 cm³/mol. The van der Waals surface area contributed by atoms with Crippen LogP contribution in [0.3, 0.4) is 0 Å². The summed E-state index contributed by atoms with van der Waals surface area (Å²) in [5.74, 6) is -1.02. The van der Waals surface area contributed by atoms with Gasteiger partial charge in [-0.1, -0.05) is 30.3 Å². The lowest BCUT2D eigenvalue weighted by atomic mass is 9.93. The molecule has 1 aromatic carbocycles. The fourth-order valence-corrected chi connectivity index (χ4v) is 1.41. The molecule has 4 nitrogen and oxygen atoms in total. The molecule has 0 aromatic heterocycles. The van der Waals surface area contributed by atoms with Crippen molar-refractivity contribution in [1.82, 2.24) is 5.32 Å². The summed E-state index contributed by atoms with van der Waals surface area (Å²) >= 11 is 0. The average Bonchev–Trinajstić information content (AvgIpc) is 2.28. The SMILES string of the molecule is CC(CCc1ccccc1)(NC=O)C(=O)O. The third-order valence-corrected chi connectivity index (χ3v) is 2.61. The van der Waals surface area contributed by atoms with Gasteiger partial charge in [0.2, 0.25) is 6.41 Å². The minimum absolute atomic E-state index is 0.366. The molecule has 0 radical (unpaired) electrons. The molecule has 0 heterocycles. The van der Waals surface area contributed by atoms with E-state index in [0.717, 1.165) is 5.56 Å². The van der Waals surface area contributed by atoms with Crippen LogP contribution in [0.25, 0.3) is 0 Å². The standard InChI is InChI=1S/C12H15NO3/c1-12(11(15)16,13-9-14)8-7-10-5-3-2-4-6-10/h2-6,9H,7-8H2,1H3,(H,13,14)(H,15,16). The molecule has 0 saturated carbocycles. The lowest BCUT2D eigenvalue weighted by molar-refractivity contribution is -0.145. The van der Waals surface area contributed by atoms with Crippen LogP contribution in [0.15, 0.2) is 30.3 Å². The Hall–Kier alpha value is -1.84. The van der Waals surface area contributed by atoms with E-state index >= 15 is 0 Å². The Labute approximate surface area is 94.3 Å². The molecule has 1 amide bonds. The number of rotatable bonds is 6. The second kappa shape index (κ2) is 5.30. The van der Waals surface area contributed by atoms with E-state index in [1.165, 1.54) is 6.92 Å². The van der Waals surface area contributed by atoms with Crippen molar-refractivity contribution in [2.75, 3.05) is 0 Å². The summed E-state index contributed by atoms with van der Waals surface area (Å²) in [6.07, 6.45) is 1.41. The van der Waals surface area contributed by atoms with Crippen LogP contribution in [0.5, 0.6) is 0 Å². The van der Waals surface area contributed by atoms with Gasteiger partial charge in [-0.05, 0) is 25.3 Å². The van der Waals surface area contributed by atoms with E-state index in [1.807, 2.05) is 30.3 Å². The molecule has 1 aromatic rings. The van der Waals surface area contributed by atoms with Gasteiger partial charge in [-0.3, -0.25) is 4.79 Å². The van der Waals surface area contributed by atoms with Gasteiger partial charge in [0.1, 0.15) is 5.54 Å². The number of hydrogen-bond acceptors (Lipinski definition) is 2. The largest absolute Gasteiger partial charge is 0.480 e. The molecule has 1 atom stereocenters. The molecule has 0 saturated heterocycles. The van der Waals surface area contributed by atoms with Gasteiger partial charge in [0.25, 0.3) is 0 Å². The van der Waals surface area contributed by atoms with Crippen molar-refractivity contribution >= 4 is 12.4 Å². The number of carboxylic acids is 1. The van der Waals surface area contributed by atoms with Crippen LogP contribution in [0, 0.1) is 0 Å². The van der Waals surface area contributed by atoms with E-state index in [2.05, 4.69) is 5.32 Å². The molecule has 2 N–H and O–H groups in total. The zero-order valence-electron chi connectivity index (χ0n) is 9.14. The van der Waals surface area contributed by atoms with Crippen molar-refractivity contribution in [2.24, 2.45) is 0 Å². The molecular weight excluding hydrogens is 206 g/mol. The number of carboxylic acid groups (broad SMARTS) is 1. The fraction of sp³-hybridized carbons (Fsp3) is 0.333. The molecule has 1 rings (SSSR count). The Balaban J connectivity index is 2.64. The van der Waals surface area contributed by atoms with Crippen molar-refractivity contribution in [3.63, 3.8) is 0 Å². The summed E-state index contributed by atoms with van der Waals surface area (Å²) in [6, 6.07) is 9.58. The van der Waals surface area contributed by atoms with Gasteiger partial charge in [0, 0.05) is 0 Å². The highest BCUT2D eigenvalue weighted by atomic mass is 16.4. The highest BCUT2D eigenvalue weighted by Gasteiger charge is 2.31. The quantitative estimate of drug-likeness (QED) is 0.709. The topological polar surface area (TPSA) is 66.4 Å². The van der Waals surface area contributed by atoms with Crippen molar-refractivity contribution < 1.29 is 14.7 Å². The number of nitrogens with one attached hydrogen (secondary N) is 1. The van der Waals surface area contributed by atoms with E-state index in [-0.39, 0.29) is 0 Å². The van der Waals surface area contributed by atoms with Crippen LogP contribution in [-0.4, -0.2) is 23.0 Å². The zero-order valence-corrected chi connectivity index (χ0v) is 9.14. The second-order valence-electron chi connectivity index (χ2n) is 3.89. The second-order valence-corrected chi connectivity index (χ2v) is 3.89. The molecule has 0 aliphatic carbocycles. The van der Waals surface area contributed by atoms with E-state index < -0.39 is 11.5 Å². The van der Waals surface area contributed by atoms with Gasteiger partial charge in [-0.2, -0.15) is 0 Å². The van der Waals surface area contributed by atoms with E-state index in [0.29, 0.717) is 19.3 Å². The summed E-state index contributed by atoms with van der Waals surface area (Å²) in [5.41, 5.74) is -0.139. The first-order valence-electron chi connectivity index (χ1n) is 5.07. The third-order valence-electron chi connectivity index (χ3n) is 2.61. The Morgan fingerprint density at radius 2 is 2.06 bits per heavy atom. The van der Waals surface area contributed by atoms with Crippen molar-refractivity contribution in [2.45, 2.75) is 25.3 Å². The van der Waals surface area contributed by atoms with Crippen LogP contribution in [0.2, 0.25) is 0 Å². The van der Waals surface area contributed by atoms with Gasteiger partial charge in [0.05, 0.1) is 0 Å². The van der Waals surface area contributed by atoms with Crippen LogP contribution >= 0.6 is 0 Å². The minimum Gasteiger partial charge on any atom is -0.480 e. The maximum absolute atomic E-state index is 11.0. The maximum atomic E-state index is 11.0. The normalized spacial score (nSPS) is 13.8. The van der Waals surface area contributed by atoms with Gasteiger partial charge in [0.15, 0.2) is 0 Å². The summed E-state index contributed by atoms with van der Waals surface area (Å²) in [6.45, 7) is 1.51. The number of carbonyl (C=O) groups excluding carboxylic acids is 1. The molecule has 0 bridgehead atoms. The molecule has 0 spiro atoms. The number of benzene rings is 1. The highest BCUT2D eigenvalue weighted by molar-refractivity contribution is 5.80. The minimum atomic E-state index is -1.20. The predicted octanol–water partition coefficient (Wildman–Crippen LogP) is 1.21. The first-order valence-corrected chi connectivity index (χ1v) is 5.07. The number of hydrogen-bond donors (Lipinski definition) is 2. The first kappa shape index (κ1) is 12.2. The summed E-state index contributed by atoms with van der Waals surface area (Å²) in [5, 5.41) is 11.4. The Bertz CT molecular complexity index is 364. The van der Waals surface area contributed by atoms with Crippen LogP contribution in [-0.2, 0) is 16.0 Å². The van der Waals surface area contributed by atoms with Crippen LogP contribution < -0.4 is 5.32 Å². The Morgan fingerprint density at radius 3 is 2.56 bits per heavy atom. The molecule has 0 aliphatic heterocycles. The Morgan fingerprint density at radius 1 is 1.44 bits per heavy atom. The summed E-state index contributed by atoms with van der Waals surface area (Å²) in [7, 11) is 0. The summed E-state index contributed by atoms with van der Waals surface area (Å²) in [4.78, 5) is 21.4. The molecule has 0 aliphatic rings. The molecule has 0 fully saturated rings. The fourth-order valence-electron chi connectivity index (χ4n) is 1.41. The molecule has 86 valence electrons. The zero-order chi connectivity index (χ0) is 12.0. The smallest absolute Gasteiger partial charge is 0.329 e. The van der Waals surface area contributed by atoms with E-state index in [4.69, 9.17) is 5.11 Å². The monoisotopic (exact) mass is 221 g/mol. The van der Waals surface area contributed by atoms with E-state index in [1.54, 1.807) is 0 Å². The van der Waals surface area contributed by atoms with Gasteiger partial charge < -0.3 is 10.4 Å². The molecule has 16 heavy (non-hydrogen) atoms. The lowest BCUT2D eigenvalue weighted by Gasteiger charge is -2.23. The van der Waals surface area contributed by atoms with Gasteiger partial charge in [-0.25, -0.2) is 4.79 Å². The molecular formula is C12H15NO3. The van der Waals surface area contributed by atoms with E-state index in [9.17, 15) is 9.59 Å². The molecule has 1 unspecified atom stereocenters. The lowest BCUT2D eigenvalue weighted by Crippen LogP contribution is -2.49. The van der Waals surface area contributed by atoms with Gasteiger partial charge >= 0.3 is 5.97 Å². The number of aryl methyl sites for hydroxylation is 1. The number of aliphatic carboxylic acids is 1.